The molecule has 0 radical (unpaired) electrons. The molecule has 0 unspecified atom stereocenters. The Bertz CT molecular complexity index is 987. The highest BCUT2D eigenvalue weighted by atomic mass is 16.5. The summed E-state index contributed by atoms with van der Waals surface area (Å²) in [5, 5.41) is 0.986. The molecule has 3 heterocycles. The van der Waals surface area contributed by atoms with Crippen molar-refractivity contribution in [2.75, 3.05) is 20.8 Å². The zero-order valence-corrected chi connectivity index (χ0v) is 14.7. The van der Waals surface area contributed by atoms with Crippen LogP contribution in [0.3, 0.4) is 0 Å². The van der Waals surface area contributed by atoms with Gasteiger partial charge in [0.15, 0.2) is 17.1 Å². The van der Waals surface area contributed by atoms with Gasteiger partial charge in [-0.25, -0.2) is 9.97 Å². The van der Waals surface area contributed by atoms with Crippen molar-refractivity contribution in [2.24, 2.45) is 0 Å². The smallest absolute Gasteiger partial charge is 0.258 e. The average Bonchev–Trinajstić information content (AvgIpc) is 2.70. The summed E-state index contributed by atoms with van der Waals surface area (Å²) in [4.78, 5) is 23.9. The fourth-order valence-corrected chi connectivity index (χ4v) is 3.36. The van der Waals surface area contributed by atoms with E-state index in [0.717, 1.165) is 22.3 Å². The second-order valence-corrected chi connectivity index (χ2v) is 6.16. The van der Waals surface area contributed by atoms with Crippen molar-refractivity contribution in [2.45, 2.75) is 13.0 Å². The van der Waals surface area contributed by atoms with E-state index in [0.29, 0.717) is 36.6 Å². The Morgan fingerprint density at radius 3 is 2.85 bits per heavy atom. The lowest BCUT2D eigenvalue weighted by Gasteiger charge is -2.29. The maximum atomic E-state index is 13.1. The van der Waals surface area contributed by atoms with Crippen LogP contribution >= 0.6 is 0 Å². The molecule has 1 aliphatic rings. The van der Waals surface area contributed by atoms with E-state index in [1.165, 1.54) is 0 Å². The third kappa shape index (κ3) is 2.73. The number of pyridine rings is 2. The molecule has 6 nitrogen and oxygen atoms in total. The molecule has 3 aromatic rings. The maximum absolute atomic E-state index is 13.1. The summed E-state index contributed by atoms with van der Waals surface area (Å²) in [5.74, 6) is 0.943. The van der Waals surface area contributed by atoms with Gasteiger partial charge in [-0.15, -0.1) is 0 Å². The van der Waals surface area contributed by atoms with Gasteiger partial charge in [-0.05, 0) is 35.9 Å². The third-order valence-electron chi connectivity index (χ3n) is 4.66. The molecule has 0 aliphatic carbocycles. The van der Waals surface area contributed by atoms with Crippen LogP contribution in [0.15, 0.2) is 42.6 Å². The first-order valence-electron chi connectivity index (χ1n) is 8.45. The largest absolute Gasteiger partial charge is 0.493 e. The second-order valence-electron chi connectivity index (χ2n) is 6.16. The van der Waals surface area contributed by atoms with Crippen LogP contribution in [0, 0.1) is 0 Å². The van der Waals surface area contributed by atoms with Crippen LogP contribution in [0.1, 0.15) is 21.6 Å². The molecule has 0 bridgehead atoms. The topological polar surface area (TPSA) is 64.5 Å². The first-order chi connectivity index (χ1) is 12.7. The Labute approximate surface area is 151 Å². The number of rotatable bonds is 3. The number of benzene rings is 1. The molecule has 1 aliphatic heterocycles. The van der Waals surface area contributed by atoms with E-state index in [1.54, 1.807) is 38.6 Å². The van der Waals surface area contributed by atoms with Gasteiger partial charge in [0.25, 0.3) is 5.91 Å². The van der Waals surface area contributed by atoms with Gasteiger partial charge < -0.3 is 14.4 Å². The number of para-hydroxylation sites is 1. The van der Waals surface area contributed by atoms with E-state index < -0.39 is 0 Å². The van der Waals surface area contributed by atoms with Gasteiger partial charge in [-0.2, -0.15) is 0 Å². The molecule has 0 spiro atoms. The van der Waals surface area contributed by atoms with Gasteiger partial charge in [-0.3, -0.25) is 4.79 Å². The van der Waals surface area contributed by atoms with Gasteiger partial charge in [0.2, 0.25) is 0 Å². The number of hydrogen-bond acceptors (Lipinski definition) is 5. The summed E-state index contributed by atoms with van der Waals surface area (Å²) in [6, 6.07) is 11.3. The third-order valence-corrected chi connectivity index (χ3v) is 4.66. The van der Waals surface area contributed by atoms with Crippen LogP contribution in [0.2, 0.25) is 0 Å². The van der Waals surface area contributed by atoms with Crippen LogP contribution in [0.4, 0.5) is 0 Å². The first kappa shape index (κ1) is 16.3. The molecule has 0 saturated carbocycles. The molecular weight excluding hydrogens is 330 g/mol. The van der Waals surface area contributed by atoms with Crippen molar-refractivity contribution in [3.8, 4) is 11.5 Å². The highest BCUT2D eigenvalue weighted by molar-refractivity contribution is 5.98. The number of methoxy groups -OCH3 is 2. The Morgan fingerprint density at radius 2 is 2.04 bits per heavy atom. The summed E-state index contributed by atoms with van der Waals surface area (Å²) < 4.78 is 10.7. The molecule has 26 heavy (non-hydrogen) atoms. The molecule has 0 N–H and O–H groups in total. The quantitative estimate of drug-likeness (QED) is 0.727. The molecule has 0 fully saturated rings. The zero-order valence-electron chi connectivity index (χ0n) is 14.7. The van der Waals surface area contributed by atoms with Gasteiger partial charge >= 0.3 is 0 Å². The minimum atomic E-state index is -0.0716. The van der Waals surface area contributed by atoms with E-state index in [-0.39, 0.29) is 5.91 Å². The minimum absolute atomic E-state index is 0.0716. The number of aromatic nitrogens is 2. The first-order valence-corrected chi connectivity index (χ1v) is 8.45. The van der Waals surface area contributed by atoms with Gasteiger partial charge in [-0.1, -0.05) is 6.07 Å². The number of ether oxygens (including phenoxy) is 2. The molecule has 6 heteroatoms. The summed E-state index contributed by atoms with van der Waals surface area (Å²) in [6.45, 7) is 1.13. The van der Waals surface area contributed by atoms with Crippen LogP contribution < -0.4 is 9.47 Å². The molecule has 1 aromatic carbocycles. The average molecular weight is 349 g/mol. The van der Waals surface area contributed by atoms with E-state index in [1.807, 2.05) is 17.0 Å². The van der Waals surface area contributed by atoms with Crippen molar-refractivity contribution in [3.63, 3.8) is 0 Å². The number of fused-ring (bicyclic) bond motifs is 2. The van der Waals surface area contributed by atoms with Crippen LogP contribution in [0.5, 0.6) is 11.5 Å². The SMILES string of the molecule is COc1cccc(C(=O)N2CCc3nc4ncccc4cc3C2)c1OC. The molecular formula is C20H19N3O3. The number of hydrogen-bond donors (Lipinski definition) is 0. The van der Waals surface area contributed by atoms with Gasteiger partial charge in [0.1, 0.15) is 0 Å². The predicted molar refractivity (Wildman–Crippen MR) is 97.5 cm³/mol. The van der Waals surface area contributed by atoms with Crippen molar-refractivity contribution < 1.29 is 14.3 Å². The zero-order chi connectivity index (χ0) is 18.1. The monoisotopic (exact) mass is 349 g/mol. The van der Waals surface area contributed by atoms with Crippen molar-refractivity contribution in [1.29, 1.82) is 0 Å². The molecule has 2 aromatic heterocycles. The van der Waals surface area contributed by atoms with E-state index in [2.05, 4.69) is 16.0 Å². The van der Waals surface area contributed by atoms with Crippen molar-refractivity contribution >= 4 is 16.9 Å². The highest BCUT2D eigenvalue weighted by Gasteiger charge is 2.26. The summed E-state index contributed by atoms with van der Waals surface area (Å²) in [7, 11) is 3.11. The summed E-state index contributed by atoms with van der Waals surface area (Å²) in [6.07, 6.45) is 2.45. The van der Waals surface area contributed by atoms with Gasteiger partial charge in [0.05, 0.1) is 19.8 Å². The Balaban J connectivity index is 1.67. The normalized spacial score (nSPS) is 13.4. The summed E-state index contributed by atoms with van der Waals surface area (Å²) in [5.41, 5.74) is 3.33. The number of amides is 1. The lowest BCUT2D eigenvalue weighted by molar-refractivity contribution is 0.0729. The fourth-order valence-electron chi connectivity index (χ4n) is 3.36. The molecule has 0 saturated heterocycles. The molecule has 1 amide bonds. The van der Waals surface area contributed by atoms with E-state index in [9.17, 15) is 4.79 Å². The van der Waals surface area contributed by atoms with Crippen LogP contribution in [0.25, 0.3) is 11.0 Å². The fraction of sp³-hybridized carbons (Fsp3) is 0.250. The standard InChI is InChI=1S/C20H19N3O3/c1-25-17-7-3-6-15(18(17)26-2)20(24)23-10-8-16-14(12-23)11-13-5-4-9-21-19(13)22-16/h3-7,9,11H,8,10,12H2,1-2H3. The Kier molecular flexibility index (Phi) is 4.16. The van der Waals surface area contributed by atoms with Crippen LogP contribution in [-0.2, 0) is 13.0 Å². The lowest BCUT2D eigenvalue weighted by Crippen LogP contribution is -2.36. The molecule has 0 atom stereocenters. The highest BCUT2D eigenvalue weighted by Crippen LogP contribution is 2.32. The van der Waals surface area contributed by atoms with Crippen LogP contribution in [-0.4, -0.2) is 41.5 Å². The predicted octanol–water partition coefficient (Wildman–Crippen LogP) is 2.85. The van der Waals surface area contributed by atoms with Crippen molar-refractivity contribution in [3.05, 3.63) is 59.4 Å². The molecule has 4 rings (SSSR count). The lowest BCUT2D eigenvalue weighted by atomic mass is 10.0. The maximum Gasteiger partial charge on any atom is 0.258 e. The number of nitrogens with zero attached hydrogens (tertiary/aromatic N) is 3. The molecule has 132 valence electrons. The minimum Gasteiger partial charge on any atom is -0.493 e. The number of carbonyl (C=O) groups is 1. The second kappa shape index (κ2) is 6.63. The summed E-state index contributed by atoms with van der Waals surface area (Å²) >= 11 is 0. The van der Waals surface area contributed by atoms with E-state index >= 15 is 0 Å². The number of carbonyl (C=O) groups excluding carboxylic acids is 1. The Morgan fingerprint density at radius 1 is 1.15 bits per heavy atom. The van der Waals surface area contributed by atoms with Crippen molar-refractivity contribution in [1.82, 2.24) is 14.9 Å². The Hall–Kier alpha value is -3.15. The van der Waals surface area contributed by atoms with Gasteiger partial charge in [0, 0.05) is 36.8 Å². The van der Waals surface area contributed by atoms with E-state index in [4.69, 9.17) is 9.47 Å².